The molecule has 0 saturated heterocycles. The number of hydrogen-bond donors (Lipinski definition) is 0. The Balaban J connectivity index is 2.61. The lowest BCUT2D eigenvalue weighted by Crippen LogP contribution is -1.89. The van der Waals surface area contributed by atoms with Gasteiger partial charge in [-0.15, -0.1) is 0 Å². The largest absolute Gasteiger partial charge is 0.244 e. The number of halogens is 1. The van der Waals surface area contributed by atoms with Crippen LogP contribution in [-0.2, 0) is 0 Å². The van der Waals surface area contributed by atoms with Gasteiger partial charge in [-0.3, -0.25) is 0 Å². The summed E-state index contributed by atoms with van der Waals surface area (Å²) in [6, 6.07) is 7.69. The number of hydrogen-bond acceptors (Lipinski definition) is 2. The van der Waals surface area contributed by atoms with Gasteiger partial charge in [0.25, 0.3) is 0 Å². The van der Waals surface area contributed by atoms with Crippen molar-refractivity contribution in [3.63, 3.8) is 0 Å². The monoisotopic (exact) mass is 204 g/mol. The van der Waals surface area contributed by atoms with Crippen molar-refractivity contribution in [2.75, 3.05) is 0 Å². The van der Waals surface area contributed by atoms with Gasteiger partial charge in [0.1, 0.15) is 6.33 Å². The first-order chi connectivity index (χ1) is 6.79. The van der Waals surface area contributed by atoms with Crippen LogP contribution >= 0.6 is 11.6 Å². The molecule has 0 fully saturated rings. The summed E-state index contributed by atoms with van der Waals surface area (Å²) in [6.45, 7) is 1.94. The maximum atomic E-state index is 6.08. The molecule has 0 amide bonds. The van der Waals surface area contributed by atoms with Crippen LogP contribution in [0.2, 0.25) is 5.02 Å². The van der Waals surface area contributed by atoms with E-state index in [4.69, 9.17) is 11.6 Å². The van der Waals surface area contributed by atoms with Crippen molar-refractivity contribution in [3.05, 3.63) is 47.5 Å². The van der Waals surface area contributed by atoms with Crippen molar-refractivity contribution in [1.29, 1.82) is 0 Å². The second-order valence-electron chi connectivity index (χ2n) is 3.00. The molecule has 1 aromatic carbocycles. The number of nitrogens with zero attached hydrogens (tertiary/aromatic N) is 2. The first-order valence-corrected chi connectivity index (χ1v) is 4.68. The van der Waals surface area contributed by atoms with Gasteiger partial charge in [-0.2, -0.15) is 0 Å². The highest BCUT2D eigenvalue weighted by Gasteiger charge is 2.05. The van der Waals surface area contributed by atoms with Crippen LogP contribution in [0.5, 0.6) is 0 Å². The van der Waals surface area contributed by atoms with Crippen LogP contribution in [0.15, 0.2) is 36.8 Å². The summed E-state index contributed by atoms with van der Waals surface area (Å²) in [4.78, 5) is 8.12. The topological polar surface area (TPSA) is 25.8 Å². The standard InChI is InChI=1S/C11H9ClN2/c1-8-10(6-13-7-14-8)9-4-2-3-5-11(9)12/h2-7H,1H3. The Morgan fingerprint density at radius 1 is 1.14 bits per heavy atom. The molecule has 2 rings (SSSR count). The molecule has 70 valence electrons. The number of benzene rings is 1. The van der Waals surface area contributed by atoms with E-state index in [2.05, 4.69) is 9.97 Å². The van der Waals surface area contributed by atoms with E-state index in [1.807, 2.05) is 31.2 Å². The summed E-state index contributed by atoms with van der Waals surface area (Å²) in [5, 5.41) is 0.727. The highest BCUT2D eigenvalue weighted by Crippen LogP contribution is 2.28. The second kappa shape index (κ2) is 3.76. The van der Waals surface area contributed by atoms with E-state index in [-0.39, 0.29) is 0 Å². The molecule has 0 aliphatic carbocycles. The first kappa shape index (κ1) is 9.16. The third-order valence-electron chi connectivity index (χ3n) is 2.08. The predicted molar refractivity (Wildman–Crippen MR) is 57.2 cm³/mol. The van der Waals surface area contributed by atoms with Gasteiger partial charge >= 0.3 is 0 Å². The van der Waals surface area contributed by atoms with Crippen LogP contribution in [0, 0.1) is 6.92 Å². The Kier molecular flexibility index (Phi) is 2.46. The average Bonchev–Trinajstić information content (AvgIpc) is 2.20. The molecule has 0 N–H and O–H groups in total. The number of rotatable bonds is 1. The molecule has 2 nitrogen and oxygen atoms in total. The van der Waals surface area contributed by atoms with Gasteiger partial charge in [-0.25, -0.2) is 9.97 Å². The summed E-state index contributed by atoms with van der Waals surface area (Å²) >= 11 is 6.08. The molecule has 0 spiro atoms. The van der Waals surface area contributed by atoms with E-state index >= 15 is 0 Å². The lowest BCUT2D eigenvalue weighted by molar-refractivity contribution is 1.11. The minimum Gasteiger partial charge on any atom is -0.244 e. The highest BCUT2D eigenvalue weighted by atomic mass is 35.5. The SMILES string of the molecule is Cc1ncncc1-c1ccccc1Cl. The van der Waals surface area contributed by atoms with Crippen molar-refractivity contribution in [3.8, 4) is 11.1 Å². The molecule has 0 aliphatic heterocycles. The first-order valence-electron chi connectivity index (χ1n) is 4.30. The molecule has 3 heteroatoms. The van der Waals surface area contributed by atoms with E-state index in [1.165, 1.54) is 6.33 Å². The zero-order chi connectivity index (χ0) is 9.97. The Morgan fingerprint density at radius 3 is 2.64 bits per heavy atom. The summed E-state index contributed by atoms with van der Waals surface area (Å²) in [5.74, 6) is 0. The van der Waals surface area contributed by atoms with Crippen molar-refractivity contribution in [2.24, 2.45) is 0 Å². The predicted octanol–water partition coefficient (Wildman–Crippen LogP) is 3.11. The van der Waals surface area contributed by atoms with E-state index in [0.29, 0.717) is 0 Å². The smallest absolute Gasteiger partial charge is 0.115 e. The quantitative estimate of drug-likeness (QED) is 0.714. The zero-order valence-electron chi connectivity index (χ0n) is 7.74. The van der Waals surface area contributed by atoms with E-state index in [1.54, 1.807) is 6.20 Å². The van der Waals surface area contributed by atoms with Gasteiger partial charge in [0.05, 0.1) is 0 Å². The Labute approximate surface area is 87.6 Å². The maximum Gasteiger partial charge on any atom is 0.115 e. The van der Waals surface area contributed by atoms with Crippen LogP contribution in [0.3, 0.4) is 0 Å². The van der Waals surface area contributed by atoms with Gasteiger partial charge in [0.15, 0.2) is 0 Å². The molecule has 0 bridgehead atoms. The van der Waals surface area contributed by atoms with Crippen LogP contribution in [0.1, 0.15) is 5.69 Å². The molecular formula is C11H9ClN2. The molecule has 0 saturated carbocycles. The minimum atomic E-state index is 0.727. The van der Waals surface area contributed by atoms with Crippen molar-refractivity contribution >= 4 is 11.6 Å². The number of aromatic nitrogens is 2. The molecule has 1 aromatic heterocycles. The fourth-order valence-corrected chi connectivity index (χ4v) is 1.57. The molecule has 0 unspecified atom stereocenters. The second-order valence-corrected chi connectivity index (χ2v) is 3.41. The fraction of sp³-hybridized carbons (Fsp3) is 0.0909. The van der Waals surface area contributed by atoms with Crippen molar-refractivity contribution in [2.45, 2.75) is 6.92 Å². The van der Waals surface area contributed by atoms with Crippen LogP contribution in [0.25, 0.3) is 11.1 Å². The molecule has 0 aliphatic rings. The van der Waals surface area contributed by atoms with Crippen LogP contribution < -0.4 is 0 Å². The van der Waals surface area contributed by atoms with E-state index < -0.39 is 0 Å². The third kappa shape index (κ3) is 1.61. The van der Waals surface area contributed by atoms with Gasteiger partial charge in [0.2, 0.25) is 0 Å². The molecule has 0 atom stereocenters. The Bertz CT molecular complexity index is 411. The molecule has 14 heavy (non-hydrogen) atoms. The minimum absolute atomic E-state index is 0.727. The third-order valence-corrected chi connectivity index (χ3v) is 2.41. The highest BCUT2D eigenvalue weighted by molar-refractivity contribution is 6.33. The molecule has 1 heterocycles. The zero-order valence-corrected chi connectivity index (χ0v) is 8.49. The van der Waals surface area contributed by atoms with Crippen molar-refractivity contribution < 1.29 is 0 Å². The van der Waals surface area contributed by atoms with Crippen LogP contribution in [0.4, 0.5) is 0 Å². The summed E-state index contributed by atoms with van der Waals surface area (Å²) in [6.07, 6.45) is 3.32. The molecule has 0 radical (unpaired) electrons. The van der Waals surface area contributed by atoms with Gasteiger partial charge in [0, 0.05) is 28.0 Å². The maximum absolute atomic E-state index is 6.08. The van der Waals surface area contributed by atoms with Crippen molar-refractivity contribution in [1.82, 2.24) is 9.97 Å². The Hall–Kier alpha value is -1.41. The molecule has 2 aromatic rings. The summed E-state index contributed by atoms with van der Waals surface area (Å²) in [7, 11) is 0. The van der Waals surface area contributed by atoms with Gasteiger partial charge < -0.3 is 0 Å². The summed E-state index contributed by atoms with van der Waals surface area (Å²) < 4.78 is 0. The normalized spacial score (nSPS) is 10.1. The van der Waals surface area contributed by atoms with E-state index in [9.17, 15) is 0 Å². The number of aryl methyl sites for hydroxylation is 1. The van der Waals surface area contributed by atoms with Gasteiger partial charge in [-0.1, -0.05) is 29.8 Å². The lowest BCUT2D eigenvalue weighted by Gasteiger charge is -2.05. The van der Waals surface area contributed by atoms with Crippen LogP contribution in [-0.4, -0.2) is 9.97 Å². The average molecular weight is 205 g/mol. The van der Waals surface area contributed by atoms with E-state index in [0.717, 1.165) is 21.8 Å². The summed E-state index contributed by atoms with van der Waals surface area (Å²) in [5.41, 5.74) is 2.90. The lowest BCUT2D eigenvalue weighted by atomic mass is 10.1. The molecular weight excluding hydrogens is 196 g/mol. The van der Waals surface area contributed by atoms with Gasteiger partial charge in [-0.05, 0) is 13.0 Å². The fourth-order valence-electron chi connectivity index (χ4n) is 1.33. The Morgan fingerprint density at radius 2 is 1.93 bits per heavy atom.